The van der Waals surface area contributed by atoms with Gasteiger partial charge in [0.25, 0.3) is 5.91 Å². The minimum atomic E-state index is -0.379. The minimum Gasteiger partial charge on any atom is -0.331 e. The third-order valence-corrected chi connectivity index (χ3v) is 6.85. The van der Waals surface area contributed by atoms with E-state index in [0.29, 0.717) is 18.5 Å². The molecule has 5 heteroatoms. The van der Waals surface area contributed by atoms with E-state index in [9.17, 15) is 9.59 Å². The van der Waals surface area contributed by atoms with Gasteiger partial charge < -0.3 is 4.84 Å². The Bertz CT molecular complexity index is 678. The van der Waals surface area contributed by atoms with Gasteiger partial charge in [0.2, 0.25) is 0 Å². The van der Waals surface area contributed by atoms with Crippen molar-refractivity contribution in [2.45, 2.75) is 135 Å². The minimum absolute atomic E-state index is 0.154. The number of rotatable bonds is 21. The number of carbonyl (C=O) groups is 2. The predicted molar refractivity (Wildman–Crippen MR) is 152 cm³/mol. The first kappa shape index (κ1) is 32.1. The normalized spacial score (nSPS) is 12.0. The van der Waals surface area contributed by atoms with Crippen LogP contribution in [0.2, 0.25) is 0 Å². The van der Waals surface area contributed by atoms with Crippen LogP contribution in [0.25, 0.3) is 0 Å². The van der Waals surface area contributed by atoms with E-state index in [1.807, 2.05) is 56.3 Å². The number of likely N-dealkylation sites (N-methyl/N-ethyl adjacent to an activating group) is 1. The summed E-state index contributed by atoms with van der Waals surface area (Å²) in [6.07, 6.45) is 21.3. The molecule has 0 saturated carbocycles. The van der Waals surface area contributed by atoms with Gasteiger partial charge in [0.05, 0.1) is 5.69 Å². The molecule has 0 saturated heterocycles. The van der Waals surface area contributed by atoms with Crippen molar-refractivity contribution < 1.29 is 14.4 Å². The Morgan fingerprint density at radius 3 is 1.61 bits per heavy atom. The molecule has 36 heavy (non-hydrogen) atoms. The fourth-order valence-electron chi connectivity index (χ4n) is 4.57. The van der Waals surface area contributed by atoms with Crippen LogP contribution in [-0.2, 0) is 14.4 Å². The molecule has 0 heterocycles. The molecule has 5 nitrogen and oxygen atoms in total. The van der Waals surface area contributed by atoms with E-state index in [1.54, 1.807) is 0 Å². The van der Waals surface area contributed by atoms with Crippen molar-refractivity contribution in [3.63, 3.8) is 0 Å². The summed E-state index contributed by atoms with van der Waals surface area (Å²) in [5, 5.41) is 1.21. The number of anilines is 1. The van der Waals surface area contributed by atoms with Crippen molar-refractivity contribution >= 4 is 17.6 Å². The van der Waals surface area contributed by atoms with Gasteiger partial charge in [0.1, 0.15) is 6.04 Å². The number of hydrogen-bond donors (Lipinski definition) is 0. The van der Waals surface area contributed by atoms with Crippen LogP contribution < -0.4 is 5.06 Å². The molecule has 1 aromatic carbocycles. The molecule has 0 aliphatic carbocycles. The van der Waals surface area contributed by atoms with E-state index in [2.05, 4.69) is 6.92 Å². The van der Waals surface area contributed by atoms with E-state index >= 15 is 0 Å². The first-order valence-electron chi connectivity index (χ1n) is 14.8. The Morgan fingerprint density at radius 1 is 0.694 bits per heavy atom. The average Bonchev–Trinajstić information content (AvgIpc) is 2.88. The number of amides is 1. The first-order valence-corrected chi connectivity index (χ1v) is 14.8. The van der Waals surface area contributed by atoms with Gasteiger partial charge in [-0.25, -0.2) is 4.79 Å². The van der Waals surface area contributed by atoms with Crippen molar-refractivity contribution in [3.8, 4) is 0 Å². The molecule has 1 amide bonds. The van der Waals surface area contributed by atoms with E-state index < -0.39 is 0 Å². The van der Waals surface area contributed by atoms with Gasteiger partial charge in [-0.15, -0.1) is 5.06 Å². The summed E-state index contributed by atoms with van der Waals surface area (Å²) in [7, 11) is 3.73. The zero-order chi connectivity index (χ0) is 26.4. The fraction of sp³-hybridized carbons (Fsp3) is 0.742. The van der Waals surface area contributed by atoms with Gasteiger partial charge in [-0.3, -0.25) is 9.69 Å². The number of benzene rings is 1. The summed E-state index contributed by atoms with van der Waals surface area (Å²) < 4.78 is 0. The van der Waals surface area contributed by atoms with E-state index in [1.165, 1.54) is 82.1 Å². The van der Waals surface area contributed by atoms with Gasteiger partial charge in [0, 0.05) is 6.42 Å². The van der Waals surface area contributed by atoms with Crippen LogP contribution >= 0.6 is 0 Å². The van der Waals surface area contributed by atoms with Crippen LogP contribution in [0.15, 0.2) is 30.3 Å². The lowest BCUT2D eigenvalue weighted by Gasteiger charge is -2.26. The summed E-state index contributed by atoms with van der Waals surface area (Å²) in [6.45, 7) is 4.31. The van der Waals surface area contributed by atoms with Crippen LogP contribution in [-0.4, -0.2) is 36.9 Å². The lowest BCUT2D eigenvalue weighted by molar-refractivity contribution is -0.155. The highest BCUT2D eigenvalue weighted by Gasteiger charge is 2.27. The Hall–Kier alpha value is -1.88. The number of para-hydroxylation sites is 1. The largest absolute Gasteiger partial charge is 0.349 e. The highest BCUT2D eigenvalue weighted by Crippen LogP contribution is 2.19. The molecular weight excluding hydrogens is 448 g/mol. The Balaban J connectivity index is 2.27. The van der Waals surface area contributed by atoms with Gasteiger partial charge in [-0.2, -0.15) is 0 Å². The number of unbranched alkanes of at least 4 members (excludes halogenated alkanes) is 14. The van der Waals surface area contributed by atoms with Gasteiger partial charge in [-0.05, 0) is 39.1 Å². The second kappa shape index (κ2) is 21.2. The van der Waals surface area contributed by atoms with Crippen LogP contribution in [0.5, 0.6) is 0 Å². The highest BCUT2D eigenvalue weighted by atomic mass is 16.7. The van der Waals surface area contributed by atoms with E-state index in [-0.39, 0.29) is 17.9 Å². The molecule has 1 rings (SSSR count). The molecule has 0 radical (unpaired) electrons. The summed E-state index contributed by atoms with van der Waals surface area (Å²) in [6, 6.07) is 8.85. The molecule has 0 aliphatic heterocycles. The molecule has 1 aromatic rings. The van der Waals surface area contributed by atoms with Crippen molar-refractivity contribution in [2.75, 3.05) is 19.2 Å². The smallest absolute Gasteiger partial charge is 0.331 e. The monoisotopic (exact) mass is 502 g/mol. The standard InChI is InChI=1S/C31H54N2O3/c1-5-7-8-9-10-11-12-13-14-15-16-17-18-19-23-27-30(34)33(28-25-21-20-22-26-28)36-31(35)29(24-6-2)32(3)4/h20-22,25-26,29H,5-19,23-24,27H2,1-4H3. The summed E-state index contributed by atoms with van der Waals surface area (Å²) in [5.41, 5.74) is 0.603. The Labute approximate surface area is 221 Å². The van der Waals surface area contributed by atoms with Gasteiger partial charge in [-0.1, -0.05) is 128 Å². The first-order chi connectivity index (χ1) is 17.5. The maximum atomic E-state index is 13.0. The third-order valence-electron chi connectivity index (χ3n) is 6.85. The maximum Gasteiger partial charge on any atom is 0.349 e. The fourth-order valence-corrected chi connectivity index (χ4v) is 4.57. The second-order valence-corrected chi connectivity index (χ2v) is 10.4. The lowest BCUT2D eigenvalue weighted by Crippen LogP contribution is -2.42. The number of nitrogens with zero attached hydrogens (tertiary/aromatic N) is 2. The van der Waals surface area contributed by atoms with Crippen molar-refractivity contribution in [1.82, 2.24) is 4.90 Å². The SMILES string of the molecule is CCCCCCCCCCCCCCCCCC(=O)N(OC(=O)C(CCC)N(C)C)c1ccccc1. The number of carbonyl (C=O) groups excluding carboxylic acids is 2. The average molecular weight is 503 g/mol. The van der Waals surface area contributed by atoms with Gasteiger partial charge >= 0.3 is 5.97 Å². The quantitative estimate of drug-likeness (QED) is 0.125. The van der Waals surface area contributed by atoms with Crippen LogP contribution in [0.4, 0.5) is 5.69 Å². The summed E-state index contributed by atoms with van der Waals surface area (Å²) >= 11 is 0. The molecular formula is C31H54N2O3. The molecule has 206 valence electrons. The molecule has 1 atom stereocenters. The van der Waals surface area contributed by atoms with Crippen LogP contribution in [0, 0.1) is 0 Å². The predicted octanol–water partition coefficient (Wildman–Crippen LogP) is 8.47. The molecule has 0 fully saturated rings. The zero-order valence-electron chi connectivity index (χ0n) is 23.8. The maximum absolute atomic E-state index is 13.0. The van der Waals surface area contributed by atoms with E-state index in [4.69, 9.17) is 4.84 Å². The van der Waals surface area contributed by atoms with E-state index in [0.717, 1.165) is 25.7 Å². The molecule has 0 aliphatic rings. The zero-order valence-corrected chi connectivity index (χ0v) is 23.8. The summed E-state index contributed by atoms with van der Waals surface area (Å²) in [4.78, 5) is 33.3. The molecule has 0 aromatic heterocycles. The van der Waals surface area contributed by atoms with Crippen molar-refractivity contribution in [1.29, 1.82) is 0 Å². The van der Waals surface area contributed by atoms with Gasteiger partial charge in [0.15, 0.2) is 0 Å². The van der Waals surface area contributed by atoms with Crippen LogP contribution in [0.1, 0.15) is 129 Å². The summed E-state index contributed by atoms with van der Waals surface area (Å²) in [5.74, 6) is -0.534. The molecule has 0 N–H and O–H groups in total. The number of hydroxylamine groups is 1. The number of hydrogen-bond acceptors (Lipinski definition) is 4. The van der Waals surface area contributed by atoms with Crippen molar-refractivity contribution in [3.05, 3.63) is 30.3 Å². The lowest BCUT2D eigenvalue weighted by atomic mass is 10.0. The van der Waals surface area contributed by atoms with Crippen LogP contribution in [0.3, 0.4) is 0 Å². The third kappa shape index (κ3) is 14.6. The highest BCUT2D eigenvalue weighted by molar-refractivity contribution is 5.93. The Morgan fingerprint density at radius 2 is 1.17 bits per heavy atom. The molecule has 0 bridgehead atoms. The van der Waals surface area contributed by atoms with Crippen molar-refractivity contribution in [2.24, 2.45) is 0 Å². The molecule has 0 spiro atoms. The Kier molecular flexibility index (Phi) is 19.0. The second-order valence-electron chi connectivity index (χ2n) is 10.4. The molecule has 1 unspecified atom stereocenters. The topological polar surface area (TPSA) is 49.9 Å².